The lowest BCUT2D eigenvalue weighted by Crippen LogP contribution is -2.36. The van der Waals surface area contributed by atoms with Crippen LogP contribution < -0.4 is 15.2 Å². The second-order valence-corrected chi connectivity index (χ2v) is 3.48. The third-order valence-corrected chi connectivity index (χ3v) is 2.43. The van der Waals surface area contributed by atoms with Crippen LogP contribution in [0.4, 0.5) is 8.78 Å². The van der Waals surface area contributed by atoms with Crippen LogP contribution in [0.5, 0.6) is 11.5 Å². The average Bonchev–Trinajstić information content (AvgIpc) is 2.36. The first kappa shape index (κ1) is 16.9. The van der Waals surface area contributed by atoms with Gasteiger partial charge in [-0.25, -0.2) is 8.78 Å². The maximum absolute atomic E-state index is 13.3. The number of para-hydroxylation sites is 1. The molecule has 0 amide bonds. The lowest BCUT2D eigenvalue weighted by molar-refractivity contribution is -0.0716. The van der Waals surface area contributed by atoms with E-state index in [1.165, 1.54) is 26.4 Å². The van der Waals surface area contributed by atoms with Crippen molar-refractivity contribution in [2.45, 2.75) is 12.0 Å². The van der Waals surface area contributed by atoms with Gasteiger partial charge in [-0.05, 0) is 6.07 Å². The summed E-state index contributed by atoms with van der Waals surface area (Å²) in [5, 5.41) is 8.61. The molecule has 0 radical (unpaired) electrons. The Morgan fingerprint density at radius 1 is 1.33 bits per heavy atom. The predicted molar refractivity (Wildman–Crippen MR) is 65.8 cm³/mol. The molecule has 1 aromatic rings. The molecule has 18 heavy (non-hydrogen) atoms. The monoisotopic (exact) mass is 283 g/mol. The van der Waals surface area contributed by atoms with E-state index in [9.17, 15) is 8.78 Å². The van der Waals surface area contributed by atoms with Crippen LogP contribution in [0, 0.1) is 0 Å². The first-order valence-electron chi connectivity index (χ1n) is 4.93. The van der Waals surface area contributed by atoms with Crippen LogP contribution in [0.25, 0.3) is 0 Å². The van der Waals surface area contributed by atoms with Crippen molar-refractivity contribution >= 4 is 12.4 Å². The number of benzene rings is 1. The first-order chi connectivity index (χ1) is 7.97. The Bertz CT molecular complexity index is 391. The van der Waals surface area contributed by atoms with Gasteiger partial charge in [-0.15, -0.1) is 12.4 Å². The molecule has 3 N–H and O–H groups in total. The summed E-state index contributed by atoms with van der Waals surface area (Å²) in [5.74, 6) is -2.95. The fourth-order valence-corrected chi connectivity index (χ4v) is 1.48. The van der Waals surface area contributed by atoms with Crippen molar-refractivity contribution < 1.29 is 23.4 Å². The number of ether oxygens (including phenoxy) is 2. The highest BCUT2D eigenvalue weighted by Crippen LogP contribution is 2.39. The third-order valence-electron chi connectivity index (χ3n) is 2.43. The lowest BCUT2D eigenvalue weighted by Gasteiger charge is -2.24. The molecule has 0 saturated heterocycles. The summed E-state index contributed by atoms with van der Waals surface area (Å²) in [6.07, 6.45) is 0. The van der Waals surface area contributed by atoms with Crippen molar-refractivity contribution in [3.05, 3.63) is 23.8 Å². The Morgan fingerprint density at radius 2 is 1.94 bits per heavy atom. The van der Waals surface area contributed by atoms with Gasteiger partial charge in [-0.3, -0.25) is 0 Å². The molecule has 0 fully saturated rings. The highest BCUT2D eigenvalue weighted by Gasteiger charge is 2.39. The quantitative estimate of drug-likeness (QED) is 0.864. The zero-order valence-corrected chi connectivity index (χ0v) is 10.8. The van der Waals surface area contributed by atoms with Gasteiger partial charge in [-0.1, -0.05) is 12.1 Å². The second kappa shape index (κ2) is 6.72. The summed E-state index contributed by atoms with van der Waals surface area (Å²) < 4.78 is 36.6. The third kappa shape index (κ3) is 3.22. The van der Waals surface area contributed by atoms with E-state index in [4.69, 9.17) is 20.3 Å². The molecule has 1 rings (SSSR count). The lowest BCUT2D eigenvalue weighted by atomic mass is 10.0. The summed E-state index contributed by atoms with van der Waals surface area (Å²) in [6, 6.07) is 2.86. The van der Waals surface area contributed by atoms with Gasteiger partial charge in [0.2, 0.25) is 0 Å². The highest BCUT2D eigenvalue weighted by molar-refractivity contribution is 5.85. The second-order valence-electron chi connectivity index (χ2n) is 3.48. The fraction of sp³-hybridized carbons (Fsp3) is 0.455. The van der Waals surface area contributed by atoms with E-state index in [2.05, 4.69) is 0 Å². The molecule has 0 saturated carbocycles. The largest absolute Gasteiger partial charge is 0.493 e. The zero-order valence-electron chi connectivity index (χ0n) is 10.0. The summed E-state index contributed by atoms with van der Waals surface area (Å²) in [5.41, 5.74) is 5.53. The van der Waals surface area contributed by atoms with E-state index in [0.717, 1.165) is 0 Å². The minimum absolute atomic E-state index is 0. The van der Waals surface area contributed by atoms with Crippen LogP contribution in [-0.4, -0.2) is 31.9 Å². The molecular formula is C11H16ClF2NO3. The molecule has 1 atom stereocenters. The SMILES string of the molecule is COc1cccc([C@@H](N)C(F)(F)CO)c1OC.Cl. The number of halogens is 3. The molecule has 0 aliphatic carbocycles. The topological polar surface area (TPSA) is 64.7 Å². The van der Waals surface area contributed by atoms with Gasteiger partial charge in [-0.2, -0.15) is 0 Å². The van der Waals surface area contributed by atoms with Gasteiger partial charge in [0.25, 0.3) is 5.92 Å². The average molecular weight is 284 g/mol. The van der Waals surface area contributed by atoms with Crippen molar-refractivity contribution in [3.63, 3.8) is 0 Å². The van der Waals surface area contributed by atoms with Crippen molar-refractivity contribution in [3.8, 4) is 11.5 Å². The molecule has 104 valence electrons. The van der Waals surface area contributed by atoms with Gasteiger partial charge in [0, 0.05) is 5.56 Å². The van der Waals surface area contributed by atoms with Crippen LogP contribution in [0.2, 0.25) is 0 Å². The van der Waals surface area contributed by atoms with Crippen molar-refractivity contribution in [2.75, 3.05) is 20.8 Å². The summed E-state index contributed by atoms with van der Waals surface area (Å²) in [6.45, 7) is -1.32. The number of hydrogen-bond donors (Lipinski definition) is 2. The highest BCUT2D eigenvalue weighted by atomic mass is 35.5. The predicted octanol–water partition coefficient (Wildman–Crippen LogP) is 1.75. The van der Waals surface area contributed by atoms with Crippen LogP contribution >= 0.6 is 12.4 Å². The van der Waals surface area contributed by atoms with E-state index in [1.54, 1.807) is 6.07 Å². The number of aliphatic hydroxyl groups excluding tert-OH is 1. The molecule has 1 aromatic carbocycles. The van der Waals surface area contributed by atoms with Crippen LogP contribution in [0.3, 0.4) is 0 Å². The maximum atomic E-state index is 13.3. The maximum Gasteiger partial charge on any atom is 0.289 e. The minimum atomic E-state index is -3.42. The normalized spacial score (nSPS) is 12.6. The van der Waals surface area contributed by atoms with Gasteiger partial charge >= 0.3 is 0 Å². The Kier molecular flexibility index (Phi) is 6.31. The van der Waals surface area contributed by atoms with Crippen LogP contribution in [0.1, 0.15) is 11.6 Å². The Balaban J connectivity index is 0.00000289. The van der Waals surface area contributed by atoms with E-state index in [0.29, 0.717) is 5.75 Å². The Morgan fingerprint density at radius 3 is 2.39 bits per heavy atom. The fourth-order valence-electron chi connectivity index (χ4n) is 1.48. The molecule has 0 spiro atoms. The Labute approximate surface area is 110 Å². The van der Waals surface area contributed by atoms with Gasteiger partial charge < -0.3 is 20.3 Å². The van der Waals surface area contributed by atoms with Crippen molar-refractivity contribution in [1.82, 2.24) is 0 Å². The molecule has 4 nitrogen and oxygen atoms in total. The van der Waals surface area contributed by atoms with E-state index < -0.39 is 18.6 Å². The molecule has 0 unspecified atom stereocenters. The minimum Gasteiger partial charge on any atom is -0.493 e. The van der Waals surface area contributed by atoms with E-state index >= 15 is 0 Å². The van der Waals surface area contributed by atoms with Crippen LogP contribution in [0.15, 0.2) is 18.2 Å². The van der Waals surface area contributed by atoms with Gasteiger partial charge in [0.05, 0.1) is 14.2 Å². The van der Waals surface area contributed by atoms with Gasteiger partial charge in [0.1, 0.15) is 12.6 Å². The number of aliphatic hydroxyl groups is 1. The number of methoxy groups -OCH3 is 2. The van der Waals surface area contributed by atoms with Gasteiger partial charge in [0.15, 0.2) is 11.5 Å². The Hall–Kier alpha value is -1.11. The number of alkyl halides is 2. The molecule has 0 bridgehead atoms. The molecule has 0 aromatic heterocycles. The number of hydrogen-bond acceptors (Lipinski definition) is 4. The summed E-state index contributed by atoms with van der Waals surface area (Å²) in [4.78, 5) is 0. The summed E-state index contributed by atoms with van der Waals surface area (Å²) in [7, 11) is 2.74. The van der Waals surface area contributed by atoms with Crippen molar-refractivity contribution in [1.29, 1.82) is 0 Å². The molecule has 0 heterocycles. The number of rotatable bonds is 5. The van der Waals surface area contributed by atoms with Crippen molar-refractivity contribution in [2.24, 2.45) is 5.73 Å². The standard InChI is InChI=1S/C11H15F2NO3.ClH/c1-16-8-5-3-4-7(9(8)17-2)10(14)11(12,13)6-15;/h3-5,10,15H,6,14H2,1-2H3;1H/t10-;/m1./s1. The zero-order chi connectivity index (χ0) is 13.1. The first-order valence-corrected chi connectivity index (χ1v) is 4.93. The molecule has 0 aliphatic rings. The smallest absolute Gasteiger partial charge is 0.289 e. The van der Waals surface area contributed by atoms with Crippen LogP contribution in [-0.2, 0) is 0 Å². The number of nitrogens with two attached hydrogens (primary N) is 1. The summed E-state index contributed by atoms with van der Waals surface area (Å²) >= 11 is 0. The molecular weight excluding hydrogens is 268 g/mol. The van der Waals surface area contributed by atoms with E-state index in [1.807, 2.05) is 0 Å². The molecule has 7 heteroatoms. The molecule has 0 aliphatic heterocycles. The van der Waals surface area contributed by atoms with E-state index in [-0.39, 0.29) is 23.7 Å².